The third-order valence-electron chi connectivity index (χ3n) is 7.75. The lowest BCUT2D eigenvalue weighted by Crippen LogP contribution is -2.56. The minimum atomic E-state index is -0.0183. The normalized spacial score (nSPS) is 48.8. The van der Waals surface area contributed by atoms with Crippen LogP contribution in [0.4, 0.5) is 0 Å². The summed E-state index contributed by atoms with van der Waals surface area (Å²) in [6.07, 6.45) is 12.9. The van der Waals surface area contributed by atoms with Crippen LogP contribution >= 0.6 is 0 Å². The highest BCUT2D eigenvalue weighted by Crippen LogP contribution is 2.62. The highest BCUT2D eigenvalue weighted by atomic mass is 16.1. The van der Waals surface area contributed by atoms with E-state index < -0.39 is 0 Å². The molecule has 0 bridgehead atoms. The van der Waals surface area contributed by atoms with Crippen LogP contribution in [-0.4, -0.2) is 11.6 Å². The number of fused-ring (bicyclic) bond motifs is 5. The smallest absolute Gasteiger partial charge is 0.137 e. The van der Waals surface area contributed by atoms with Gasteiger partial charge in [-0.05, 0) is 54.3 Å². The second-order valence-corrected chi connectivity index (χ2v) is 8.68. The Balaban J connectivity index is 1.70. The minimum absolute atomic E-state index is 0.0183. The number of ketones is 2. The summed E-state index contributed by atoms with van der Waals surface area (Å²) in [4.78, 5) is 24.8. The molecule has 2 nitrogen and oxygen atoms in total. The first kappa shape index (κ1) is 15.2. The highest BCUT2D eigenvalue weighted by Gasteiger charge is 2.59. The van der Waals surface area contributed by atoms with Gasteiger partial charge in [-0.3, -0.25) is 9.59 Å². The number of hydrogen-bond donors (Lipinski definition) is 0. The van der Waals surface area contributed by atoms with Gasteiger partial charge in [-0.2, -0.15) is 0 Å². The lowest BCUT2D eigenvalue weighted by Gasteiger charge is -2.58. The van der Waals surface area contributed by atoms with Crippen LogP contribution < -0.4 is 0 Å². The van der Waals surface area contributed by atoms with Crippen molar-refractivity contribution in [2.24, 2.45) is 40.9 Å². The molecule has 3 saturated carbocycles. The van der Waals surface area contributed by atoms with Gasteiger partial charge in [0.05, 0.1) is 0 Å². The SMILES string of the molecule is C#CC1=CCC2C3CC(=O)C4CC(=O)CC[C@]4(C)C3C[C@@H](C)C12. The maximum absolute atomic E-state index is 12.8. The molecule has 0 radical (unpaired) electrons. The zero-order valence-corrected chi connectivity index (χ0v) is 14.2. The van der Waals surface area contributed by atoms with Crippen molar-refractivity contribution >= 4 is 11.6 Å². The van der Waals surface area contributed by atoms with Crippen molar-refractivity contribution in [2.45, 2.75) is 52.4 Å². The molecule has 0 N–H and O–H groups in total. The molecule has 0 aromatic heterocycles. The third-order valence-corrected chi connectivity index (χ3v) is 7.75. The fraction of sp³-hybridized carbons (Fsp3) is 0.714. The van der Waals surface area contributed by atoms with Crippen LogP contribution in [0.2, 0.25) is 0 Å². The molecule has 5 unspecified atom stereocenters. The standard InChI is InChI=1S/C21H26O2/c1-4-13-5-6-15-16-11-19(23)18-10-14(22)7-8-21(18,3)17(16)9-12(2)20(13)15/h1,5,12,15-18,20H,6-11H2,2-3H3/t12-,15?,16?,17?,18?,20?,21-/m1/s1. The molecular weight excluding hydrogens is 284 g/mol. The zero-order valence-electron chi connectivity index (χ0n) is 14.2. The van der Waals surface area contributed by atoms with Gasteiger partial charge in [0.15, 0.2) is 0 Å². The number of allylic oxidation sites excluding steroid dienone is 2. The van der Waals surface area contributed by atoms with Gasteiger partial charge < -0.3 is 0 Å². The van der Waals surface area contributed by atoms with Gasteiger partial charge in [-0.25, -0.2) is 0 Å². The van der Waals surface area contributed by atoms with Gasteiger partial charge in [-0.15, -0.1) is 6.42 Å². The van der Waals surface area contributed by atoms with Gasteiger partial charge in [0.2, 0.25) is 0 Å². The Labute approximate surface area is 139 Å². The van der Waals surface area contributed by atoms with Gasteiger partial charge >= 0.3 is 0 Å². The van der Waals surface area contributed by atoms with Gasteiger partial charge in [0.1, 0.15) is 11.6 Å². The summed E-state index contributed by atoms with van der Waals surface area (Å²) in [5.41, 5.74) is 1.21. The van der Waals surface area contributed by atoms with Crippen LogP contribution in [-0.2, 0) is 9.59 Å². The Hall–Kier alpha value is -1.36. The lowest BCUT2D eigenvalue weighted by molar-refractivity contribution is -0.155. The van der Waals surface area contributed by atoms with E-state index in [9.17, 15) is 9.59 Å². The first-order valence-corrected chi connectivity index (χ1v) is 9.16. The van der Waals surface area contributed by atoms with Crippen LogP contribution in [0.5, 0.6) is 0 Å². The Bertz CT molecular complexity index is 637. The summed E-state index contributed by atoms with van der Waals surface area (Å²) in [7, 11) is 0. The maximum Gasteiger partial charge on any atom is 0.137 e. The monoisotopic (exact) mass is 310 g/mol. The molecule has 0 aliphatic heterocycles. The Morgan fingerprint density at radius 2 is 2.04 bits per heavy atom. The van der Waals surface area contributed by atoms with Crippen molar-refractivity contribution in [1.82, 2.24) is 0 Å². The number of rotatable bonds is 0. The molecule has 0 aromatic rings. The Kier molecular flexibility index (Phi) is 3.34. The molecule has 0 spiro atoms. The van der Waals surface area contributed by atoms with E-state index in [2.05, 4.69) is 25.8 Å². The van der Waals surface area contributed by atoms with E-state index in [-0.39, 0.29) is 17.1 Å². The fourth-order valence-electron chi connectivity index (χ4n) is 6.62. The molecule has 0 heterocycles. The molecule has 4 rings (SSSR count). The zero-order chi connectivity index (χ0) is 16.4. The topological polar surface area (TPSA) is 34.1 Å². The molecule has 0 amide bonds. The van der Waals surface area contributed by atoms with E-state index in [1.54, 1.807) is 0 Å². The van der Waals surface area contributed by atoms with Crippen molar-refractivity contribution in [3.05, 3.63) is 11.6 Å². The number of carbonyl (C=O) groups excluding carboxylic acids is 2. The third kappa shape index (κ3) is 2.02. The van der Waals surface area contributed by atoms with Crippen LogP contribution in [0.25, 0.3) is 0 Å². The molecule has 23 heavy (non-hydrogen) atoms. The number of hydrogen-bond acceptors (Lipinski definition) is 2. The van der Waals surface area contributed by atoms with Crippen molar-refractivity contribution in [2.75, 3.05) is 0 Å². The maximum atomic E-state index is 12.8. The molecule has 0 aromatic carbocycles. The van der Waals surface area contributed by atoms with E-state index >= 15 is 0 Å². The Morgan fingerprint density at radius 1 is 1.26 bits per heavy atom. The van der Waals surface area contributed by atoms with E-state index in [0.717, 1.165) is 12.8 Å². The molecular formula is C21H26O2. The predicted molar refractivity (Wildman–Crippen MR) is 89.4 cm³/mol. The molecule has 2 heteroatoms. The first-order valence-electron chi connectivity index (χ1n) is 9.16. The summed E-state index contributed by atoms with van der Waals surface area (Å²) in [5, 5.41) is 0. The van der Waals surface area contributed by atoms with Crippen molar-refractivity contribution < 1.29 is 9.59 Å². The first-order chi connectivity index (χ1) is 11.0. The second kappa shape index (κ2) is 5.07. The molecule has 122 valence electrons. The average molecular weight is 310 g/mol. The fourth-order valence-corrected chi connectivity index (χ4v) is 6.62. The van der Waals surface area contributed by atoms with E-state index in [4.69, 9.17) is 6.42 Å². The van der Waals surface area contributed by atoms with Gasteiger partial charge in [0.25, 0.3) is 0 Å². The quantitative estimate of drug-likeness (QED) is 0.638. The summed E-state index contributed by atoms with van der Waals surface area (Å²) in [6.45, 7) is 4.64. The van der Waals surface area contributed by atoms with Gasteiger partial charge in [0, 0.05) is 30.8 Å². The van der Waals surface area contributed by atoms with Gasteiger partial charge in [-0.1, -0.05) is 25.8 Å². The van der Waals surface area contributed by atoms with Crippen LogP contribution in [0, 0.1) is 53.3 Å². The summed E-state index contributed by atoms with van der Waals surface area (Å²) in [5.74, 6) is 6.21. The van der Waals surface area contributed by atoms with E-state index in [1.807, 2.05) is 0 Å². The summed E-state index contributed by atoms with van der Waals surface area (Å²) < 4.78 is 0. The molecule has 4 aliphatic rings. The predicted octanol–water partition coefficient (Wildman–Crippen LogP) is 3.80. The number of Topliss-reactive ketones (excluding diaryl/α,β-unsaturated/α-hetero) is 2. The largest absolute Gasteiger partial charge is 0.300 e. The number of terminal acetylenes is 1. The highest BCUT2D eigenvalue weighted by molar-refractivity contribution is 5.90. The number of carbonyl (C=O) groups is 2. The average Bonchev–Trinajstić information content (AvgIpc) is 2.96. The van der Waals surface area contributed by atoms with Crippen molar-refractivity contribution in [1.29, 1.82) is 0 Å². The second-order valence-electron chi connectivity index (χ2n) is 8.68. The van der Waals surface area contributed by atoms with E-state index in [1.165, 1.54) is 12.0 Å². The molecule has 7 atom stereocenters. The van der Waals surface area contributed by atoms with Crippen LogP contribution in [0.15, 0.2) is 11.6 Å². The minimum Gasteiger partial charge on any atom is -0.300 e. The molecule has 4 aliphatic carbocycles. The molecule has 0 saturated heterocycles. The lowest BCUT2D eigenvalue weighted by atomic mass is 9.45. The van der Waals surface area contributed by atoms with Crippen LogP contribution in [0.1, 0.15) is 52.4 Å². The summed E-state index contributed by atoms with van der Waals surface area (Å²) in [6, 6.07) is 0. The van der Waals surface area contributed by atoms with Crippen LogP contribution in [0.3, 0.4) is 0 Å². The molecule has 3 fully saturated rings. The Morgan fingerprint density at radius 3 is 2.78 bits per heavy atom. The van der Waals surface area contributed by atoms with E-state index in [0.29, 0.717) is 54.6 Å². The van der Waals surface area contributed by atoms with Crippen molar-refractivity contribution in [3.63, 3.8) is 0 Å². The summed E-state index contributed by atoms with van der Waals surface area (Å²) >= 11 is 0. The van der Waals surface area contributed by atoms with Crippen molar-refractivity contribution in [3.8, 4) is 12.3 Å².